The van der Waals surface area contributed by atoms with Crippen LogP contribution in [0.25, 0.3) is 0 Å². The fourth-order valence-corrected chi connectivity index (χ4v) is 3.78. The highest BCUT2D eigenvalue weighted by molar-refractivity contribution is 7.36. The van der Waals surface area contributed by atoms with Crippen molar-refractivity contribution in [1.29, 1.82) is 0 Å². The quantitative estimate of drug-likeness (QED) is 0.424. The van der Waals surface area contributed by atoms with E-state index in [0.717, 1.165) is 40.0 Å². The highest BCUT2D eigenvalue weighted by atomic mass is 31.0. The van der Waals surface area contributed by atoms with Crippen LogP contribution in [0.15, 0.2) is 36.4 Å². The number of benzene rings is 2. The first kappa shape index (κ1) is 17.8. The summed E-state index contributed by atoms with van der Waals surface area (Å²) >= 11 is 0. The summed E-state index contributed by atoms with van der Waals surface area (Å²) in [6.07, 6.45) is 4.67. The summed E-state index contributed by atoms with van der Waals surface area (Å²) in [5, 5.41) is 2.04. The molecular weight excluding hydrogens is 324 g/mol. The SMILES string of the molecule is [B]c1ccc(C#Cc2ccc(C3CCC([B])CC3)cc2)c(P)c1P. The predicted molar refractivity (Wildman–Crippen MR) is 114 cm³/mol. The lowest BCUT2D eigenvalue weighted by atomic mass is 9.70. The van der Waals surface area contributed by atoms with Crippen molar-refractivity contribution in [3.63, 3.8) is 0 Å². The van der Waals surface area contributed by atoms with Gasteiger partial charge in [-0.15, -0.1) is 18.5 Å². The van der Waals surface area contributed by atoms with Gasteiger partial charge in [0.15, 0.2) is 0 Å². The van der Waals surface area contributed by atoms with Gasteiger partial charge in [-0.1, -0.05) is 54.2 Å². The van der Waals surface area contributed by atoms with Gasteiger partial charge in [0, 0.05) is 11.1 Å². The third kappa shape index (κ3) is 4.14. The van der Waals surface area contributed by atoms with E-state index in [2.05, 4.69) is 54.6 Å². The van der Waals surface area contributed by atoms with E-state index < -0.39 is 0 Å². The van der Waals surface area contributed by atoms with E-state index in [1.165, 1.54) is 18.4 Å². The molecule has 1 aliphatic rings. The van der Waals surface area contributed by atoms with E-state index in [1.54, 1.807) is 0 Å². The van der Waals surface area contributed by atoms with Crippen LogP contribution in [0, 0.1) is 11.8 Å². The Bertz CT molecular complexity index is 780. The predicted octanol–water partition coefficient (Wildman–Crippen LogP) is 2.50. The maximum absolute atomic E-state index is 6.00. The Morgan fingerprint density at radius 2 is 1.50 bits per heavy atom. The molecule has 2 unspecified atom stereocenters. The topological polar surface area (TPSA) is 0 Å². The zero-order chi connectivity index (χ0) is 17.1. The molecule has 2 aromatic rings. The second-order valence-corrected chi connectivity index (χ2v) is 7.67. The highest BCUT2D eigenvalue weighted by Crippen LogP contribution is 2.36. The molecule has 0 spiro atoms. The summed E-state index contributed by atoms with van der Waals surface area (Å²) in [5.41, 5.74) is 4.22. The lowest BCUT2D eigenvalue weighted by Gasteiger charge is -2.26. The molecule has 1 fully saturated rings. The van der Waals surface area contributed by atoms with E-state index in [-0.39, 0.29) is 0 Å². The molecule has 2 atom stereocenters. The van der Waals surface area contributed by atoms with Crippen LogP contribution in [0.2, 0.25) is 5.82 Å². The molecule has 2 aromatic carbocycles. The number of rotatable bonds is 1. The molecule has 0 nitrogen and oxygen atoms in total. The van der Waals surface area contributed by atoms with Crippen molar-refractivity contribution in [3.05, 3.63) is 53.1 Å². The Labute approximate surface area is 152 Å². The second kappa shape index (κ2) is 7.91. The van der Waals surface area contributed by atoms with Gasteiger partial charge in [-0.2, -0.15) is 0 Å². The normalized spacial score (nSPS) is 20.2. The van der Waals surface area contributed by atoms with Crippen molar-refractivity contribution in [2.24, 2.45) is 0 Å². The maximum atomic E-state index is 6.00. The molecule has 24 heavy (non-hydrogen) atoms. The van der Waals surface area contributed by atoms with E-state index in [1.807, 2.05) is 12.1 Å². The average molecular weight is 344 g/mol. The van der Waals surface area contributed by atoms with Crippen LogP contribution < -0.4 is 16.1 Å². The Morgan fingerprint density at radius 3 is 2.17 bits per heavy atom. The molecule has 0 heterocycles. The first-order valence-corrected chi connectivity index (χ1v) is 9.51. The van der Waals surface area contributed by atoms with Gasteiger partial charge < -0.3 is 0 Å². The van der Waals surface area contributed by atoms with Crippen LogP contribution in [0.4, 0.5) is 0 Å². The molecule has 3 rings (SSSR count). The summed E-state index contributed by atoms with van der Waals surface area (Å²) in [4.78, 5) is 0. The van der Waals surface area contributed by atoms with Crippen LogP contribution >= 0.6 is 18.5 Å². The van der Waals surface area contributed by atoms with E-state index in [4.69, 9.17) is 15.7 Å². The van der Waals surface area contributed by atoms with Crippen molar-refractivity contribution >= 4 is 50.2 Å². The second-order valence-electron chi connectivity index (χ2n) is 6.51. The molecule has 116 valence electrons. The summed E-state index contributed by atoms with van der Waals surface area (Å²) in [7, 11) is 17.3. The van der Waals surface area contributed by atoms with E-state index >= 15 is 0 Å². The van der Waals surface area contributed by atoms with Crippen LogP contribution in [0.3, 0.4) is 0 Å². The Hall–Kier alpha value is -1.01. The molecule has 1 saturated carbocycles. The molecule has 1 aliphatic carbocycles. The zero-order valence-electron chi connectivity index (χ0n) is 13.8. The third-order valence-corrected chi connectivity index (χ3v) is 6.42. The minimum Gasteiger partial charge on any atom is -0.106 e. The molecule has 0 bridgehead atoms. The minimum atomic E-state index is 0.397. The standard InChI is InChI=1S/C20H20B2P2/c21-17-10-7-15(8-11-17)14-4-1-13(2-5-14)3-6-16-9-12-18(22)20(24)19(16)23/h1-2,4-5,9,12,15,17H,7-8,10-11,23-24H2. The summed E-state index contributed by atoms with van der Waals surface area (Å²) in [6.45, 7) is 0. The highest BCUT2D eigenvalue weighted by Gasteiger charge is 2.19. The molecule has 0 aromatic heterocycles. The lowest BCUT2D eigenvalue weighted by molar-refractivity contribution is 0.444. The third-order valence-electron chi connectivity index (χ3n) is 4.82. The van der Waals surface area contributed by atoms with Gasteiger partial charge in [0.25, 0.3) is 0 Å². The van der Waals surface area contributed by atoms with Gasteiger partial charge in [0.2, 0.25) is 0 Å². The monoisotopic (exact) mass is 344 g/mol. The lowest BCUT2D eigenvalue weighted by Crippen LogP contribution is -2.30. The first-order valence-electron chi connectivity index (χ1n) is 8.35. The zero-order valence-corrected chi connectivity index (χ0v) is 16.1. The first-order chi connectivity index (χ1) is 11.5. The fourth-order valence-electron chi connectivity index (χ4n) is 3.19. The van der Waals surface area contributed by atoms with Gasteiger partial charge in [-0.25, -0.2) is 0 Å². The van der Waals surface area contributed by atoms with Crippen LogP contribution in [-0.4, -0.2) is 15.7 Å². The maximum Gasteiger partial charge on any atom is 0.114 e. The minimum absolute atomic E-state index is 0.397. The molecule has 0 aliphatic heterocycles. The molecule has 4 radical (unpaired) electrons. The van der Waals surface area contributed by atoms with Gasteiger partial charge in [0.05, 0.1) is 7.85 Å². The van der Waals surface area contributed by atoms with Gasteiger partial charge in [0.1, 0.15) is 7.85 Å². The Morgan fingerprint density at radius 1 is 0.833 bits per heavy atom. The summed E-state index contributed by atoms with van der Waals surface area (Å²) < 4.78 is 0. The smallest absolute Gasteiger partial charge is 0.106 e. The van der Waals surface area contributed by atoms with Crippen molar-refractivity contribution in [2.75, 3.05) is 0 Å². The molecule has 4 heteroatoms. The average Bonchev–Trinajstić information content (AvgIpc) is 2.60. The number of hydrogen-bond acceptors (Lipinski definition) is 0. The van der Waals surface area contributed by atoms with Crippen LogP contribution in [-0.2, 0) is 0 Å². The fraction of sp³-hybridized carbons (Fsp3) is 0.300. The van der Waals surface area contributed by atoms with Crippen molar-refractivity contribution in [3.8, 4) is 11.8 Å². The van der Waals surface area contributed by atoms with Crippen LogP contribution in [0.5, 0.6) is 0 Å². The van der Waals surface area contributed by atoms with Gasteiger partial charge in [-0.05, 0) is 53.1 Å². The van der Waals surface area contributed by atoms with E-state index in [0.29, 0.717) is 11.7 Å². The number of hydrogen-bond donors (Lipinski definition) is 0. The molecule has 0 amide bonds. The molecule has 0 N–H and O–H groups in total. The van der Waals surface area contributed by atoms with Crippen molar-refractivity contribution in [1.82, 2.24) is 0 Å². The van der Waals surface area contributed by atoms with Crippen LogP contribution in [0.1, 0.15) is 48.3 Å². The Balaban J connectivity index is 1.75. The molecule has 0 saturated heterocycles. The van der Waals surface area contributed by atoms with Gasteiger partial charge >= 0.3 is 0 Å². The van der Waals surface area contributed by atoms with E-state index in [9.17, 15) is 0 Å². The molecular formula is C20H20B2P2. The van der Waals surface area contributed by atoms with Crippen molar-refractivity contribution < 1.29 is 0 Å². The Kier molecular flexibility index (Phi) is 5.87. The van der Waals surface area contributed by atoms with Gasteiger partial charge in [-0.3, -0.25) is 0 Å². The van der Waals surface area contributed by atoms with Crippen molar-refractivity contribution in [2.45, 2.75) is 37.4 Å². The summed E-state index contributed by atoms with van der Waals surface area (Å²) in [5.74, 6) is 7.55. The summed E-state index contributed by atoms with van der Waals surface area (Å²) in [6, 6.07) is 12.6. The largest absolute Gasteiger partial charge is 0.114 e.